The molecule has 1 aliphatic rings. The summed E-state index contributed by atoms with van der Waals surface area (Å²) >= 11 is 6.40. The highest BCUT2D eigenvalue weighted by Crippen LogP contribution is 2.41. The Hall–Kier alpha value is -3.31. The van der Waals surface area contributed by atoms with Gasteiger partial charge >= 0.3 is 0 Å². The van der Waals surface area contributed by atoms with E-state index in [1.54, 1.807) is 6.07 Å². The Kier molecular flexibility index (Phi) is 3.15. The summed E-state index contributed by atoms with van der Waals surface area (Å²) in [6.45, 7) is 0. The van der Waals surface area contributed by atoms with Crippen molar-refractivity contribution in [2.45, 2.75) is 0 Å². The highest BCUT2D eigenvalue weighted by atomic mass is 35.5. The van der Waals surface area contributed by atoms with Crippen LogP contribution in [0.25, 0.3) is 32.9 Å². The average Bonchev–Trinajstić information content (AvgIpc) is 3.09. The Bertz CT molecular complexity index is 1320. The molecule has 5 rings (SSSR count). The van der Waals surface area contributed by atoms with Gasteiger partial charge in [-0.05, 0) is 35.9 Å². The molecule has 0 fully saturated rings. The van der Waals surface area contributed by atoms with E-state index in [9.17, 15) is 9.59 Å². The lowest BCUT2D eigenvalue weighted by Gasteiger charge is -2.10. The predicted molar refractivity (Wildman–Crippen MR) is 107 cm³/mol. The van der Waals surface area contributed by atoms with Gasteiger partial charge in [-0.3, -0.25) is 14.9 Å². The van der Waals surface area contributed by atoms with Crippen LogP contribution < -0.4 is 11.1 Å². The molecule has 0 radical (unpaired) electrons. The van der Waals surface area contributed by atoms with Crippen LogP contribution in [-0.4, -0.2) is 16.4 Å². The molecule has 0 bridgehead atoms. The zero-order valence-electron chi connectivity index (χ0n) is 14.3. The Morgan fingerprint density at radius 3 is 2.44 bits per heavy atom. The maximum atomic E-state index is 12.7. The number of imide groups is 1. The first-order valence-corrected chi connectivity index (χ1v) is 8.80. The molecule has 1 aliphatic heterocycles. The van der Waals surface area contributed by atoms with E-state index >= 15 is 0 Å². The number of aryl methyl sites for hydroxylation is 1. The van der Waals surface area contributed by atoms with Crippen molar-refractivity contribution in [3.05, 3.63) is 64.7 Å². The van der Waals surface area contributed by atoms with Crippen molar-refractivity contribution in [3.63, 3.8) is 0 Å². The number of nitrogens with one attached hydrogen (secondary N) is 1. The van der Waals surface area contributed by atoms with E-state index in [1.165, 1.54) is 0 Å². The SMILES string of the molecule is Cn1c2ccc(N)cc2c2c3c(c(-c4ccccc4Cl)cc21)C(=O)NC3=O. The molecule has 4 aromatic rings. The Balaban J connectivity index is 2.04. The second kappa shape index (κ2) is 5.34. The zero-order chi connectivity index (χ0) is 18.9. The van der Waals surface area contributed by atoms with Gasteiger partial charge < -0.3 is 10.3 Å². The van der Waals surface area contributed by atoms with Crippen LogP contribution in [0.3, 0.4) is 0 Å². The lowest BCUT2D eigenvalue weighted by Crippen LogP contribution is -2.20. The monoisotopic (exact) mass is 375 g/mol. The van der Waals surface area contributed by atoms with Crippen LogP contribution in [-0.2, 0) is 7.05 Å². The van der Waals surface area contributed by atoms with Crippen molar-refractivity contribution >= 4 is 50.9 Å². The van der Waals surface area contributed by atoms with Crippen molar-refractivity contribution in [1.29, 1.82) is 0 Å². The summed E-state index contributed by atoms with van der Waals surface area (Å²) in [7, 11) is 1.93. The van der Waals surface area contributed by atoms with Gasteiger partial charge in [0, 0.05) is 39.6 Å². The van der Waals surface area contributed by atoms with E-state index in [-0.39, 0.29) is 0 Å². The number of nitrogens with zero attached hydrogens (tertiary/aromatic N) is 1. The molecule has 0 unspecified atom stereocenters. The van der Waals surface area contributed by atoms with Gasteiger partial charge in [0.15, 0.2) is 0 Å². The van der Waals surface area contributed by atoms with Crippen LogP contribution in [0.15, 0.2) is 48.5 Å². The number of hydrogen-bond donors (Lipinski definition) is 2. The number of nitrogens with two attached hydrogens (primary N) is 1. The van der Waals surface area contributed by atoms with Crippen molar-refractivity contribution in [2.75, 3.05) is 5.73 Å². The number of halogens is 1. The number of rotatable bonds is 1. The second-order valence-corrected chi connectivity index (χ2v) is 7.07. The van der Waals surface area contributed by atoms with Crippen molar-refractivity contribution in [2.24, 2.45) is 7.05 Å². The van der Waals surface area contributed by atoms with Crippen molar-refractivity contribution < 1.29 is 9.59 Å². The molecule has 27 heavy (non-hydrogen) atoms. The largest absolute Gasteiger partial charge is 0.399 e. The number of aromatic nitrogens is 1. The number of anilines is 1. The van der Waals surface area contributed by atoms with Gasteiger partial charge in [-0.2, -0.15) is 0 Å². The van der Waals surface area contributed by atoms with Crippen LogP contribution >= 0.6 is 11.6 Å². The summed E-state index contributed by atoms with van der Waals surface area (Å²) in [5, 5.41) is 4.53. The summed E-state index contributed by atoms with van der Waals surface area (Å²) in [4.78, 5) is 25.3. The quantitative estimate of drug-likeness (QED) is 0.388. The fourth-order valence-electron chi connectivity index (χ4n) is 3.97. The third-order valence-corrected chi connectivity index (χ3v) is 5.49. The van der Waals surface area contributed by atoms with E-state index in [1.807, 2.05) is 54.1 Å². The molecule has 0 aliphatic carbocycles. The van der Waals surface area contributed by atoms with Gasteiger partial charge in [0.05, 0.1) is 16.6 Å². The van der Waals surface area contributed by atoms with Gasteiger partial charge in [0.25, 0.3) is 11.8 Å². The Labute approximate surface area is 159 Å². The van der Waals surface area contributed by atoms with Crippen molar-refractivity contribution in [3.8, 4) is 11.1 Å². The van der Waals surface area contributed by atoms with Gasteiger partial charge in [0.2, 0.25) is 0 Å². The molecule has 0 atom stereocenters. The molecular formula is C21H14ClN3O2. The minimum atomic E-state index is -0.410. The Morgan fingerprint density at radius 1 is 0.926 bits per heavy atom. The van der Waals surface area contributed by atoms with Crippen LogP contribution in [0, 0.1) is 0 Å². The number of fused-ring (bicyclic) bond motifs is 5. The summed E-state index contributed by atoms with van der Waals surface area (Å²) in [5.74, 6) is -0.809. The number of amides is 2. The Morgan fingerprint density at radius 2 is 1.67 bits per heavy atom. The van der Waals surface area contributed by atoms with Gasteiger partial charge in [-0.15, -0.1) is 0 Å². The number of carbonyl (C=O) groups is 2. The minimum absolute atomic E-state index is 0.357. The second-order valence-electron chi connectivity index (χ2n) is 6.67. The topological polar surface area (TPSA) is 77.1 Å². The fourth-order valence-corrected chi connectivity index (χ4v) is 4.20. The van der Waals surface area contributed by atoms with Crippen LogP contribution in [0.2, 0.25) is 5.02 Å². The third-order valence-electron chi connectivity index (χ3n) is 5.16. The molecule has 0 spiro atoms. The molecular weight excluding hydrogens is 362 g/mol. The number of hydrogen-bond acceptors (Lipinski definition) is 3. The first-order valence-electron chi connectivity index (χ1n) is 8.42. The normalized spacial score (nSPS) is 13.4. The summed E-state index contributed by atoms with van der Waals surface area (Å²) in [6, 6.07) is 14.8. The van der Waals surface area contributed by atoms with Gasteiger partial charge in [-0.25, -0.2) is 0 Å². The molecule has 5 nitrogen and oxygen atoms in total. The first-order chi connectivity index (χ1) is 13.0. The summed E-state index contributed by atoms with van der Waals surface area (Å²) in [5.41, 5.74) is 10.4. The maximum Gasteiger partial charge on any atom is 0.259 e. The zero-order valence-corrected chi connectivity index (χ0v) is 15.1. The molecule has 1 aromatic heterocycles. The standard InChI is InChI=1S/C21H14ClN3O2/c1-25-15-7-6-10(23)8-13(15)17-16(25)9-12(11-4-2-3-5-14(11)22)18-19(17)21(27)24-20(18)26/h2-9H,23H2,1H3,(H,24,26,27). The molecule has 0 saturated carbocycles. The van der Waals surface area contributed by atoms with Crippen LogP contribution in [0.4, 0.5) is 5.69 Å². The molecule has 3 N–H and O–H groups in total. The van der Waals surface area contributed by atoms with Crippen LogP contribution in [0.5, 0.6) is 0 Å². The minimum Gasteiger partial charge on any atom is -0.399 e. The fraction of sp³-hybridized carbons (Fsp3) is 0.0476. The molecule has 0 saturated heterocycles. The number of benzene rings is 3. The van der Waals surface area contributed by atoms with E-state index in [0.717, 1.165) is 21.8 Å². The third kappa shape index (κ3) is 2.06. The van der Waals surface area contributed by atoms with Gasteiger partial charge in [-0.1, -0.05) is 29.8 Å². The highest BCUT2D eigenvalue weighted by molar-refractivity contribution is 6.36. The molecule has 2 amide bonds. The lowest BCUT2D eigenvalue weighted by molar-refractivity contribution is 0.0880. The predicted octanol–water partition coefficient (Wildman–Crippen LogP) is 4.12. The average molecular weight is 376 g/mol. The molecule has 132 valence electrons. The van der Waals surface area contributed by atoms with E-state index < -0.39 is 11.8 Å². The summed E-state index contributed by atoms with van der Waals surface area (Å²) < 4.78 is 2.00. The van der Waals surface area contributed by atoms with E-state index in [2.05, 4.69) is 5.32 Å². The molecule has 3 aromatic carbocycles. The van der Waals surface area contributed by atoms with Crippen molar-refractivity contribution in [1.82, 2.24) is 9.88 Å². The van der Waals surface area contributed by atoms with Crippen LogP contribution in [0.1, 0.15) is 20.7 Å². The molecule has 2 heterocycles. The number of nitrogen functional groups attached to an aromatic ring is 1. The van der Waals surface area contributed by atoms with Gasteiger partial charge in [0.1, 0.15) is 0 Å². The highest BCUT2D eigenvalue weighted by Gasteiger charge is 2.34. The smallest absolute Gasteiger partial charge is 0.259 e. The molecule has 6 heteroatoms. The lowest BCUT2D eigenvalue weighted by atomic mass is 9.93. The summed E-state index contributed by atoms with van der Waals surface area (Å²) in [6.07, 6.45) is 0. The maximum absolute atomic E-state index is 12.7. The van der Waals surface area contributed by atoms with E-state index in [0.29, 0.717) is 33.0 Å². The first kappa shape index (κ1) is 15.9. The van der Waals surface area contributed by atoms with E-state index in [4.69, 9.17) is 17.3 Å². The number of carbonyl (C=O) groups excluding carboxylic acids is 2.